The van der Waals surface area contributed by atoms with Crippen LogP contribution < -0.4 is 0 Å². The summed E-state index contributed by atoms with van der Waals surface area (Å²) in [6.45, 7) is 0. The molecule has 2 aromatic heterocycles. The van der Waals surface area contributed by atoms with Crippen LogP contribution in [0.5, 0.6) is 0 Å². The number of carboxylic acids is 2. The third kappa shape index (κ3) is 7.34. The van der Waals surface area contributed by atoms with Gasteiger partial charge >= 0.3 is 11.9 Å². The molecule has 0 fully saturated rings. The van der Waals surface area contributed by atoms with Crippen LogP contribution in [0.15, 0.2) is 73.4 Å². The van der Waals surface area contributed by atoms with Crippen LogP contribution in [0.4, 0.5) is 0 Å². The Morgan fingerprint density at radius 1 is 0.727 bits per heavy atom. The monoisotopic (exact) mass is 298 g/mol. The van der Waals surface area contributed by atoms with E-state index in [1.54, 1.807) is 24.8 Å². The SMILES string of the molecule is O=C(O)/C=C/C=C/C(=O)O.c1cc(-c2ccncc2)ccn1. The van der Waals surface area contributed by atoms with E-state index in [0.29, 0.717) is 0 Å². The first-order valence-corrected chi connectivity index (χ1v) is 6.20. The Morgan fingerprint density at radius 3 is 1.32 bits per heavy atom. The number of aliphatic carboxylic acids is 2. The molecule has 0 atom stereocenters. The van der Waals surface area contributed by atoms with Crippen molar-refractivity contribution in [1.82, 2.24) is 9.97 Å². The number of carbonyl (C=O) groups is 2. The van der Waals surface area contributed by atoms with Crippen molar-refractivity contribution in [3.05, 3.63) is 73.4 Å². The van der Waals surface area contributed by atoms with Crippen LogP contribution in [0, 0.1) is 0 Å². The summed E-state index contributed by atoms with van der Waals surface area (Å²) >= 11 is 0. The van der Waals surface area contributed by atoms with E-state index >= 15 is 0 Å². The van der Waals surface area contributed by atoms with Gasteiger partial charge in [0, 0.05) is 36.9 Å². The van der Waals surface area contributed by atoms with Crippen molar-refractivity contribution in [3.8, 4) is 11.1 Å². The predicted octanol–water partition coefficient (Wildman–Crippen LogP) is 2.41. The Kier molecular flexibility index (Phi) is 7.32. The normalized spacial score (nSPS) is 10.2. The maximum atomic E-state index is 9.78. The molecular weight excluding hydrogens is 284 g/mol. The van der Waals surface area contributed by atoms with Crippen LogP contribution in [0.2, 0.25) is 0 Å². The van der Waals surface area contributed by atoms with Crippen molar-refractivity contribution in [1.29, 1.82) is 0 Å². The molecule has 0 aliphatic heterocycles. The molecule has 112 valence electrons. The van der Waals surface area contributed by atoms with Gasteiger partial charge in [0.1, 0.15) is 0 Å². The number of pyridine rings is 2. The summed E-state index contributed by atoms with van der Waals surface area (Å²) in [6.07, 6.45) is 11.1. The molecule has 0 aromatic carbocycles. The summed E-state index contributed by atoms with van der Waals surface area (Å²) in [5.74, 6) is -2.20. The summed E-state index contributed by atoms with van der Waals surface area (Å²) in [7, 11) is 0. The standard InChI is InChI=1S/C10H8N2.C6H6O4/c1-5-11-6-2-9(1)10-3-7-12-8-4-10;7-5(8)3-1-2-4-6(9)10/h1-8H;1-4H,(H,7,8)(H,9,10)/b;3-1+,4-2+. The zero-order valence-electron chi connectivity index (χ0n) is 11.5. The van der Waals surface area contributed by atoms with E-state index in [1.807, 2.05) is 24.3 Å². The van der Waals surface area contributed by atoms with E-state index < -0.39 is 11.9 Å². The molecule has 0 aliphatic rings. The van der Waals surface area contributed by atoms with Gasteiger partial charge in [0.05, 0.1) is 0 Å². The van der Waals surface area contributed by atoms with Crippen LogP contribution in [-0.4, -0.2) is 32.1 Å². The quantitative estimate of drug-likeness (QED) is 0.664. The van der Waals surface area contributed by atoms with Gasteiger partial charge in [-0.05, 0) is 35.4 Å². The molecule has 2 aromatic rings. The maximum Gasteiger partial charge on any atom is 0.328 e. The molecule has 0 radical (unpaired) electrons. The fourth-order valence-electron chi connectivity index (χ4n) is 1.36. The lowest BCUT2D eigenvalue weighted by Gasteiger charge is -1.97. The first kappa shape index (κ1) is 16.8. The molecule has 0 saturated heterocycles. The van der Waals surface area contributed by atoms with Gasteiger partial charge in [0.2, 0.25) is 0 Å². The van der Waals surface area contributed by atoms with Gasteiger partial charge in [-0.25, -0.2) is 9.59 Å². The second kappa shape index (κ2) is 9.60. The third-order valence-corrected chi connectivity index (χ3v) is 2.28. The van der Waals surface area contributed by atoms with Gasteiger partial charge in [-0.1, -0.05) is 12.2 Å². The molecule has 0 unspecified atom stereocenters. The molecule has 0 aliphatic carbocycles. The van der Waals surface area contributed by atoms with Crippen molar-refractivity contribution < 1.29 is 19.8 Å². The Bertz CT molecular complexity index is 593. The molecule has 22 heavy (non-hydrogen) atoms. The molecule has 0 amide bonds. The first-order valence-electron chi connectivity index (χ1n) is 6.20. The second-order valence-electron chi connectivity index (χ2n) is 3.87. The zero-order chi connectivity index (χ0) is 16.2. The predicted molar refractivity (Wildman–Crippen MR) is 81.0 cm³/mol. The van der Waals surface area contributed by atoms with Crippen molar-refractivity contribution in [2.24, 2.45) is 0 Å². The molecule has 6 heteroatoms. The maximum absolute atomic E-state index is 9.78. The lowest BCUT2D eigenvalue weighted by Crippen LogP contribution is -1.86. The molecule has 2 N–H and O–H groups in total. The molecular formula is C16H14N2O4. The van der Waals surface area contributed by atoms with E-state index in [2.05, 4.69) is 9.97 Å². The van der Waals surface area contributed by atoms with E-state index in [1.165, 1.54) is 11.1 Å². The summed E-state index contributed by atoms with van der Waals surface area (Å²) in [6, 6.07) is 7.93. The third-order valence-electron chi connectivity index (χ3n) is 2.28. The number of aromatic nitrogens is 2. The molecule has 2 heterocycles. The van der Waals surface area contributed by atoms with Crippen LogP contribution in [-0.2, 0) is 9.59 Å². The van der Waals surface area contributed by atoms with Gasteiger partial charge in [-0.15, -0.1) is 0 Å². The minimum Gasteiger partial charge on any atom is -0.478 e. The van der Waals surface area contributed by atoms with Crippen molar-refractivity contribution >= 4 is 11.9 Å². The number of nitrogens with zero attached hydrogens (tertiary/aromatic N) is 2. The highest BCUT2D eigenvalue weighted by Gasteiger charge is 1.92. The fourth-order valence-corrected chi connectivity index (χ4v) is 1.36. The highest BCUT2D eigenvalue weighted by atomic mass is 16.4. The summed E-state index contributed by atoms with van der Waals surface area (Å²) in [5, 5.41) is 16.0. The number of rotatable bonds is 4. The van der Waals surface area contributed by atoms with E-state index in [-0.39, 0.29) is 0 Å². The van der Waals surface area contributed by atoms with E-state index in [0.717, 1.165) is 24.3 Å². The second-order valence-corrected chi connectivity index (χ2v) is 3.87. The Morgan fingerprint density at radius 2 is 1.05 bits per heavy atom. The molecule has 6 nitrogen and oxygen atoms in total. The van der Waals surface area contributed by atoms with Crippen LogP contribution in [0.1, 0.15) is 0 Å². The lowest BCUT2D eigenvalue weighted by atomic mass is 10.1. The van der Waals surface area contributed by atoms with Crippen LogP contribution in [0.25, 0.3) is 11.1 Å². The van der Waals surface area contributed by atoms with Crippen molar-refractivity contribution in [2.75, 3.05) is 0 Å². The van der Waals surface area contributed by atoms with Crippen LogP contribution >= 0.6 is 0 Å². The smallest absolute Gasteiger partial charge is 0.328 e. The largest absolute Gasteiger partial charge is 0.478 e. The summed E-state index contributed by atoms with van der Waals surface area (Å²) in [4.78, 5) is 27.5. The van der Waals surface area contributed by atoms with Gasteiger partial charge in [0.25, 0.3) is 0 Å². The average Bonchev–Trinajstić information content (AvgIpc) is 2.54. The molecule has 0 spiro atoms. The molecule has 0 bridgehead atoms. The van der Waals surface area contributed by atoms with Gasteiger partial charge in [0.15, 0.2) is 0 Å². The Hall–Kier alpha value is -3.28. The van der Waals surface area contributed by atoms with Gasteiger partial charge in [-0.2, -0.15) is 0 Å². The highest BCUT2D eigenvalue weighted by Crippen LogP contribution is 2.15. The summed E-state index contributed by atoms with van der Waals surface area (Å²) < 4.78 is 0. The number of hydrogen-bond donors (Lipinski definition) is 2. The van der Waals surface area contributed by atoms with Crippen LogP contribution in [0.3, 0.4) is 0 Å². The number of hydrogen-bond acceptors (Lipinski definition) is 4. The van der Waals surface area contributed by atoms with Gasteiger partial charge < -0.3 is 10.2 Å². The first-order chi connectivity index (χ1) is 10.6. The topological polar surface area (TPSA) is 100 Å². The molecule has 2 rings (SSSR count). The minimum atomic E-state index is -1.10. The van der Waals surface area contributed by atoms with E-state index in [9.17, 15) is 9.59 Å². The van der Waals surface area contributed by atoms with Crippen molar-refractivity contribution in [2.45, 2.75) is 0 Å². The highest BCUT2D eigenvalue weighted by molar-refractivity contribution is 5.82. The fraction of sp³-hybridized carbons (Fsp3) is 0. The minimum absolute atomic E-state index is 0.847. The van der Waals surface area contributed by atoms with Crippen molar-refractivity contribution in [3.63, 3.8) is 0 Å². The van der Waals surface area contributed by atoms with Gasteiger partial charge in [-0.3, -0.25) is 9.97 Å². The lowest BCUT2D eigenvalue weighted by molar-refractivity contribution is -0.132. The summed E-state index contributed by atoms with van der Waals surface area (Å²) in [5.41, 5.74) is 2.35. The zero-order valence-corrected chi connectivity index (χ0v) is 11.5. The van der Waals surface area contributed by atoms with E-state index in [4.69, 9.17) is 10.2 Å². The Labute approximate surface area is 127 Å². The Balaban J connectivity index is 0.000000225. The average molecular weight is 298 g/mol. The number of carboxylic acid groups (broad SMARTS) is 2. The molecule has 0 saturated carbocycles. The number of allylic oxidation sites excluding steroid dienone is 2.